The van der Waals surface area contributed by atoms with Crippen LogP contribution in [0.5, 0.6) is 0 Å². The lowest BCUT2D eigenvalue weighted by atomic mass is 10.0. The van der Waals surface area contributed by atoms with Crippen molar-refractivity contribution in [3.8, 4) is 0 Å². The van der Waals surface area contributed by atoms with Crippen molar-refractivity contribution in [2.45, 2.75) is 27.2 Å². The Morgan fingerprint density at radius 3 is 2.62 bits per heavy atom. The summed E-state index contributed by atoms with van der Waals surface area (Å²) in [6, 6.07) is 3.60. The molecule has 0 aromatic carbocycles. The first-order valence-electron chi connectivity index (χ1n) is 5.35. The number of allylic oxidation sites excluding steroid dienone is 2. The molecule has 3 heteroatoms. The lowest BCUT2D eigenvalue weighted by Crippen LogP contribution is -2.01. The van der Waals surface area contributed by atoms with E-state index >= 15 is 0 Å². The van der Waals surface area contributed by atoms with Crippen molar-refractivity contribution in [2.75, 3.05) is 0 Å². The van der Waals surface area contributed by atoms with Crippen molar-refractivity contribution in [1.29, 1.82) is 0 Å². The summed E-state index contributed by atoms with van der Waals surface area (Å²) in [7, 11) is 0. The van der Waals surface area contributed by atoms with Crippen LogP contribution in [0.25, 0.3) is 0 Å². The monoisotopic (exact) mass is 219 g/mol. The van der Waals surface area contributed by atoms with Gasteiger partial charge in [0.25, 0.3) is 0 Å². The number of hydrogen-bond acceptors (Lipinski definition) is 3. The van der Waals surface area contributed by atoms with Gasteiger partial charge in [0, 0.05) is 12.3 Å². The number of carbonyl (C=O) groups is 1. The summed E-state index contributed by atoms with van der Waals surface area (Å²) in [5.74, 6) is 0.303. The summed E-state index contributed by atoms with van der Waals surface area (Å²) in [5.41, 5.74) is 1.48. The van der Waals surface area contributed by atoms with E-state index in [1.807, 2.05) is 6.07 Å². The van der Waals surface area contributed by atoms with Crippen LogP contribution in [0.4, 0.5) is 0 Å². The maximum Gasteiger partial charge on any atom is 0.207 e. The molecule has 1 aromatic rings. The summed E-state index contributed by atoms with van der Waals surface area (Å²) in [4.78, 5) is 15.6. The summed E-state index contributed by atoms with van der Waals surface area (Å²) in [6.07, 6.45) is 3.84. The highest BCUT2D eigenvalue weighted by Gasteiger charge is 2.05. The topological polar surface area (TPSA) is 50.2 Å². The number of ketones is 1. The Morgan fingerprint density at radius 1 is 1.50 bits per heavy atom. The normalized spacial score (nSPS) is 11.9. The molecule has 16 heavy (non-hydrogen) atoms. The standard InChI is InChI=1S/C13H17NO2/c1-9(2)6-11-4-5-12(14-8-11)13(16)7-10(3)15/h4-5,7-9,15H,6H2,1-3H3/b10-7-. The van der Waals surface area contributed by atoms with Gasteiger partial charge in [0.2, 0.25) is 5.78 Å². The quantitative estimate of drug-likeness (QED) is 0.481. The van der Waals surface area contributed by atoms with E-state index in [2.05, 4.69) is 18.8 Å². The highest BCUT2D eigenvalue weighted by atomic mass is 16.3. The van der Waals surface area contributed by atoms with Gasteiger partial charge in [-0.3, -0.25) is 9.78 Å². The zero-order valence-corrected chi connectivity index (χ0v) is 9.90. The van der Waals surface area contributed by atoms with Crippen LogP contribution in [0.15, 0.2) is 30.2 Å². The molecule has 0 unspecified atom stereocenters. The summed E-state index contributed by atoms with van der Waals surface area (Å²) in [6.45, 7) is 5.73. The number of hydrogen-bond donors (Lipinski definition) is 1. The third-order valence-corrected chi connectivity index (χ3v) is 2.06. The minimum Gasteiger partial charge on any atom is -0.512 e. The molecule has 86 valence electrons. The fourth-order valence-corrected chi connectivity index (χ4v) is 1.43. The molecule has 0 fully saturated rings. The second kappa shape index (κ2) is 5.45. The first kappa shape index (κ1) is 12.4. The summed E-state index contributed by atoms with van der Waals surface area (Å²) in [5, 5.41) is 8.97. The zero-order valence-electron chi connectivity index (χ0n) is 9.90. The number of rotatable bonds is 4. The number of aliphatic hydroxyl groups excluding tert-OH is 1. The zero-order chi connectivity index (χ0) is 12.1. The van der Waals surface area contributed by atoms with Gasteiger partial charge in [-0.25, -0.2) is 0 Å². The Kier molecular flexibility index (Phi) is 4.23. The van der Waals surface area contributed by atoms with Gasteiger partial charge in [-0.05, 0) is 30.9 Å². The maximum absolute atomic E-state index is 11.5. The van der Waals surface area contributed by atoms with Gasteiger partial charge in [0.05, 0.1) is 5.76 Å². The molecule has 0 amide bonds. The van der Waals surface area contributed by atoms with E-state index in [1.54, 1.807) is 12.3 Å². The molecule has 1 aromatic heterocycles. The number of pyridine rings is 1. The number of aliphatic hydroxyl groups is 1. The SMILES string of the molecule is C/C(O)=C/C(=O)c1ccc(CC(C)C)cn1. The fraction of sp³-hybridized carbons (Fsp3) is 0.385. The van der Waals surface area contributed by atoms with E-state index in [0.717, 1.165) is 12.0 Å². The van der Waals surface area contributed by atoms with E-state index in [4.69, 9.17) is 5.11 Å². The molecule has 0 saturated heterocycles. The Labute approximate surface area is 95.8 Å². The predicted molar refractivity (Wildman–Crippen MR) is 63.5 cm³/mol. The molecule has 0 aliphatic heterocycles. The van der Waals surface area contributed by atoms with Crippen molar-refractivity contribution in [3.05, 3.63) is 41.4 Å². The minimum atomic E-state index is -0.268. The van der Waals surface area contributed by atoms with E-state index in [9.17, 15) is 4.79 Å². The van der Waals surface area contributed by atoms with Gasteiger partial charge in [-0.15, -0.1) is 0 Å². The van der Waals surface area contributed by atoms with Crippen LogP contribution in [0, 0.1) is 5.92 Å². The number of nitrogens with zero attached hydrogens (tertiary/aromatic N) is 1. The molecule has 1 heterocycles. The third-order valence-electron chi connectivity index (χ3n) is 2.06. The Hall–Kier alpha value is -1.64. The molecule has 0 atom stereocenters. The molecule has 1 N–H and O–H groups in total. The summed E-state index contributed by atoms with van der Waals surface area (Å²) < 4.78 is 0. The average molecular weight is 219 g/mol. The van der Waals surface area contributed by atoms with E-state index < -0.39 is 0 Å². The smallest absolute Gasteiger partial charge is 0.207 e. The lowest BCUT2D eigenvalue weighted by Gasteiger charge is -2.04. The number of carbonyl (C=O) groups excluding carboxylic acids is 1. The third kappa shape index (κ3) is 3.85. The second-order valence-corrected chi connectivity index (χ2v) is 4.30. The average Bonchev–Trinajstić information content (AvgIpc) is 2.16. The van der Waals surface area contributed by atoms with Gasteiger partial charge in [0.15, 0.2) is 0 Å². The molecule has 0 aliphatic rings. The Morgan fingerprint density at radius 2 is 2.19 bits per heavy atom. The largest absolute Gasteiger partial charge is 0.512 e. The first-order valence-corrected chi connectivity index (χ1v) is 5.35. The second-order valence-electron chi connectivity index (χ2n) is 4.30. The first-order chi connectivity index (χ1) is 7.49. The predicted octanol–water partition coefficient (Wildman–Crippen LogP) is 2.92. The molecule has 0 radical (unpaired) electrons. The van der Waals surface area contributed by atoms with Crippen molar-refractivity contribution < 1.29 is 9.90 Å². The Balaban J connectivity index is 2.79. The van der Waals surface area contributed by atoms with E-state index in [0.29, 0.717) is 11.6 Å². The molecular weight excluding hydrogens is 202 g/mol. The molecule has 0 aliphatic carbocycles. The van der Waals surface area contributed by atoms with Crippen LogP contribution in [0.2, 0.25) is 0 Å². The van der Waals surface area contributed by atoms with Gasteiger partial charge in [-0.2, -0.15) is 0 Å². The highest BCUT2D eigenvalue weighted by molar-refractivity contribution is 6.03. The van der Waals surface area contributed by atoms with Gasteiger partial charge >= 0.3 is 0 Å². The number of aromatic nitrogens is 1. The van der Waals surface area contributed by atoms with Crippen LogP contribution >= 0.6 is 0 Å². The van der Waals surface area contributed by atoms with Gasteiger partial charge in [-0.1, -0.05) is 19.9 Å². The van der Waals surface area contributed by atoms with E-state index in [-0.39, 0.29) is 11.5 Å². The van der Waals surface area contributed by atoms with Crippen LogP contribution in [-0.4, -0.2) is 15.9 Å². The van der Waals surface area contributed by atoms with Gasteiger partial charge in [0.1, 0.15) is 5.69 Å². The van der Waals surface area contributed by atoms with Gasteiger partial charge < -0.3 is 5.11 Å². The maximum atomic E-state index is 11.5. The van der Waals surface area contributed by atoms with Crippen LogP contribution < -0.4 is 0 Å². The molecule has 0 bridgehead atoms. The van der Waals surface area contributed by atoms with E-state index in [1.165, 1.54) is 13.0 Å². The molecule has 0 spiro atoms. The Bertz CT molecular complexity index is 387. The fourth-order valence-electron chi connectivity index (χ4n) is 1.43. The van der Waals surface area contributed by atoms with Crippen LogP contribution in [0.1, 0.15) is 36.8 Å². The van der Waals surface area contributed by atoms with Crippen LogP contribution in [-0.2, 0) is 6.42 Å². The van der Waals surface area contributed by atoms with Crippen molar-refractivity contribution in [2.24, 2.45) is 5.92 Å². The summed E-state index contributed by atoms with van der Waals surface area (Å²) >= 11 is 0. The highest BCUT2D eigenvalue weighted by Crippen LogP contribution is 2.08. The van der Waals surface area contributed by atoms with Crippen LogP contribution in [0.3, 0.4) is 0 Å². The molecule has 0 saturated carbocycles. The molecule has 1 rings (SSSR count). The minimum absolute atomic E-state index is 0.00180. The van der Waals surface area contributed by atoms with Crippen molar-refractivity contribution in [1.82, 2.24) is 4.98 Å². The van der Waals surface area contributed by atoms with Crippen molar-refractivity contribution in [3.63, 3.8) is 0 Å². The lowest BCUT2D eigenvalue weighted by molar-refractivity contribution is 0.103. The molecule has 3 nitrogen and oxygen atoms in total. The molecular formula is C13H17NO2. The van der Waals surface area contributed by atoms with Crippen molar-refractivity contribution >= 4 is 5.78 Å².